The molecular weight excluding hydrogens is 1600 g/mol. The molecule has 10 aliphatic rings. The van der Waals surface area contributed by atoms with Crippen molar-refractivity contribution in [1.82, 2.24) is 60.0 Å². The average Bonchev–Trinajstić information content (AvgIpc) is 1.56. The summed E-state index contributed by atoms with van der Waals surface area (Å²) in [4.78, 5) is 153. The maximum Gasteiger partial charge on any atom is 0.408 e. The molecule has 2 aromatic heterocycles. The highest BCUT2D eigenvalue weighted by molar-refractivity contribution is 7.92. The number of aromatic nitrogens is 4. The van der Waals surface area contributed by atoms with Gasteiger partial charge in [-0.3, -0.25) is 47.6 Å². The predicted octanol–water partition coefficient (Wildman–Crippen LogP) is 9.88. The molecule has 6 heterocycles. The van der Waals surface area contributed by atoms with Gasteiger partial charge in [0.05, 0.1) is 50.8 Å². The van der Waals surface area contributed by atoms with Crippen molar-refractivity contribution in [2.45, 2.75) is 299 Å². The average molecular weight is 1710 g/mol. The van der Waals surface area contributed by atoms with Gasteiger partial charge in [-0.25, -0.2) is 54.0 Å². The van der Waals surface area contributed by atoms with E-state index in [1.165, 1.54) is 23.3 Å². The van der Waals surface area contributed by atoms with Crippen molar-refractivity contribution in [1.29, 1.82) is 0 Å². The summed E-state index contributed by atoms with van der Waals surface area (Å²) in [6.45, 7) is 14.7. The number of carbonyl (C=O) groups is 8. The second-order valence-electron chi connectivity index (χ2n) is 37.9. The van der Waals surface area contributed by atoms with E-state index in [4.69, 9.17) is 33.9 Å². The van der Waals surface area contributed by atoms with Crippen LogP contribution >= 0.6 is 0 Å². The zero-order valence-corrected chi connectivity index (χ0v) is 70.9. The number of nitrogens with zero attached hydrogens (tertiary/aromatic N) is 6. The van der Waals surface area contributed by atoms with E-state index in [0.29, 0.717) is 80.1 Å². The quantitative estimate of drug-likeness (QED) is 0.0395. The van der Waals surface area contributed by atoms with E-state index in [-0.39, 0.29) is 98.1 Å². The van der Waals surface area contributed by atoms with Gasteiger partial charge in [-0.15, -0.1) is 0 Å². The zero-order valence-electron chi connectivity index (χ0n) is 69.3. The molecule has 8 amide bonds. The maximum atomic E-state index is 16.4. The minimum atomic E-state index is -4.42. The molecule has 3 aromatic carbocycles. The van der Waals surface area contributed by atoms with Gasteiger partial charge in [-0.2, -0.15) is 4.98 Å². The van der Waals surface area contributed by atoms with Gasteiger partial charge in [-0.05, 0) is 180 Å². The molecule has 16 unspecified atom stereocenters. The molecule has 6 saturated carbocycles. The number of alkyl carbamates (subject to hydrolysis) is 2. The van der Waals surface area contributed by atoms with Crippen molar-refractivity contribution in [3.05, 3.63) is 76.2 Å². The Morgan fingerprint density at radius 3 is 1.73 bits per heavy atom. The van der Waals surface area contributed by atoms with Crippen LogP contribution < -0.4 is 45.7 Å². The largest absolute Gasteiger partial charge is 0.471 e. The summed E-state index contributed by atoms with van der Waals surface area (Å²) in [5, 5.41) is 12.4. The first-order valence-corrected chi connectivity index (χ1v) is 45.6. The van der Waals surface area contributed by atoms with Crippen molar-refractivity contribution in [2.24, 2.45) is 46.3 Å². The zero-order chi connectivity index (χ0) is 85.9. The molecule has 0 radical (unpaired) electrons. The van der Waals surface area contributed by atoms with Crippen LogP contribution in [0.25, 0.3) is 32.7 Å². The first-order valence-electron chi connectivity index (χ1n) is 42.6. The van der Waals surface area contributed by atoms with Crippen LogP contribution in [0.3, 0.4) is 0 Å². The van der Waals surface area contributed by atoms with Crippen LogP contribution in [0.4, 0.5) is 27.2 Å². The maximum absolute atomic E-state index is 16.4. The Kier molecular flexibility index (Phi) is 23.2. The Bertz CT molecular complexity index is 5220. The van der Waals surface area contributed by atoms with Gasteiger partial charge >= 0.3 is 12.2 Å². The number of halogens is 4. The highest BCUT2D eigenvalue weighted by atomic mass is 32.2. The number of ether oxygens (including phenoxy) is 4. The second-order valence-corrected chi connectivity index (χ2v) is 42.3. The van der Waals surface area contributed by atoms with Gasteiger partial charge in [0.1, 0.15) is 70.9 Å². The van der Waals surface area contributed by atoms with E-state index in [2.05, 4.69) is 35.1 Å². The lowest BCUT2D eigenvalue weighted by molar-refractivity contribution is -0.143. The van der Waals surface area contributed by atoms with Gasteiger partial charge in [0.15, 0.2) is 0 Å². The van der Waals surface area contributed by atoms with E-state index in [0.717, 1.165) is 47.8 Å². The number of hydrogen-bond donors (Lipinski definition) is 6. The van der Waals surface area contributed by atoms with Gasteiger partial charge < -0.3 is 50.0 Å². The van der Waals surface area contributed by atoms with Crippen molar-refractivity contribution in [3.63, 3.8) is 0 Å². The molecule has 0 spiro atoms. The van der Waals surface area contributed by atoms with Gasteiger partial charge in [0, 0.05) is 24.8 Å². The first-order chi connectivity index (χ1) is 56.7. The minimum absolute atomic E-state index is 0.00826. The summed E-state index contributed by atoms with van der Waals surface area (Å²) in [6.07, 6.45) is -3.90. The fourth-order valence-corrected chi connectivity index (χ4v) is 22.1. The number of carbonyl (C=O) groups excluding carboxylic acids is 8. The third-order valence-corrected chi connectivity index (χ3v) is 32.2. The lowest BCUT2D eigenvalue weighted by Gasteiger charge is -2.38. The highest BCUT2D eigenvalue weighted by Crippen LogP contribution is 2.52. The Morgan fingerprint density at radius 1 is 0.608 bits per heavy atom. The number of alkyl halides is 4. The monoisotopic (exact) mass is 1710 g/mol. The molecule has 6 N–H and O–H groups in total. The fraction of sp³-hybridized carbons (Fsp3) is 0.671. The summed E-state index contributed by atoms with van der Waals surface area (Å²) in [6, 6.07) is 9.73. The molecule has 4 aliphatic heterocycles. The predicted molar refractivity (Wildman–Crippen MR) is 432 cm³/mol. The molecule has 4 bridgehead atoms. The van der Waals surface area contributed by atoms with E-state index in [9.17, 15) is 44.8 Å². The van der Waals surface area contributed by atoms with Crippen molar-refractivity contribution >= 4 is 100 Å². The number of fused-ring (bicyclic) bond motifs is 12. The summed E-state index contributed by atoms with van der Waals surface area (Å²) < 4.78 is 143. The van der Waals surface area contributed by atoms with E-state index < -0.39 is 204 Å². The Morgan fingerprint density at radius 2 is 1.15 bits per heavy atom. The normalized spacial score (nSPS) is 31.1. The lowest BCUT2D eigenvalue weighted by Crippen LogP contribution is -2.61. The molecule has 8 fully saturated rings. The van der Waals surface area contributed by atoms with Crippen molar-refractivity contribution < 1.29 is 91.7 Å². The van der Waals surface area contributed by atoms with Crippen LogP contribution in [0.15, 0.2) is 59.4 Å². The van der Waals surface area contributed by atoms with E-state index in [1.54, 1.807) is 52.8 Å². The number of sulfonamides is 2. The molecule has 652 valence electrons. The van der Waals surface area contributed by atoms with Crippen molar-refractivity contribution in [2.75, 3.05) is 13.1 Å². The Hall–Kier alpha value is -9.02. The summed E-state index contributed by atoms with van der Waals surface area (Å²) in [7, 11) is -8.83. The van der Waals surface area contributed by atoms with Crippen molar-refractivity contribution in [3.8, 4) is 11.9 Å². The molecule has 2 saturated heterocycles. The van der Waals surface area contributed by atoms with Crippen LogP contribution in [-0.4, -0.2) is 189 Å². The molecule has 35 heteroatoms. The van der Waals surface area contributed by atoms with E-state index in [1.807, 2.05) is 45.8 Å². The number of rotatable bonds is 16. The second kappa shape index (κ2) is 32.3. The number of benzene rings is 3. The van der Waals surface area contributed by atoms with Crippen LogP contribution in [0.2, 0.25) is 0 Å². The topological polar surface area (TPSA) is 381 Å². The van der Waals surface area contributed by atoms with Gasteiger partial charge in [0.25, 0.3) is 23.4 Å². The summed E-state index contributed by atoms with van der Waals surface area (Å²) in [5.41, 5.74) is -5.80. The number of aryl methyl sites for hydroxylation is 1. The SMILES string of the molecule is CCC1CCC2OC(=O)NC(C(C)(C)C)C(=O)N3CC(CC3C(=O)NC3(C(=O)NS(=O)(=O)C4(C)CC4)CC3C(F)F)Oc3nc4ccc(CC(C)(C)C5NC(=O)OC6CCC(C)C6CCCCCc6nc7ccc8ccccc8c7nc6OC6CC(C(=O)NC7(C(=O)NS(=O)(=O)C8(C)CC8)CC7C(F)F)N(C6)C5=O)cc4c(=O)n3CCCCCC12. The number of nitrogens with one attached hydrogen (secondary N) is 6. The smallest absolute Gasteiger partial charge is 0.408 e. The summed E-state index contributed by atoms with van der Waals surface area (Å²) in [5.74, 6) is -9.88. The van der Waals surface area contributed by atoms with Crippen LogP contribution in [0, 0.1) is 46.3 Å². The first kappa shape index (κ1) is 85.9. The lowest BCUT2D eigenvalue weighted by atomic mass is 9.77. The molecule has 5 aromatic rings. The van der Waals surface area contributed by atoms with Gasteiger partial charge in [0.2, 0.25) is 62.4 Å². The molecule has 29 nitrogen and oxygen atoms in total. The van der Waals surface area contributed by atoms with Crippen LogP contribution in [0.1, 0.15) is 208 Å². The van der Waals surface area contributed by atoms with Crippen LogP contribution in [0.5, 0.6) is 11.9 Å². The van der Waals surface area contributed by atoms with E-state index >= 15 is 32.8 Å². The van der Waals surface area contributed by atoms with Crippen LogP contribution in [-0.2, 0) is 77.7 Å². The molecule has 120 heavy (non-hydrogen) atoms. The standard InChI is InChI=1S/C85H110F4N12O17S2/c1-10-47-27-31-63-52(47)21-14-12-18-36-99-72(104)54-37-46(25-28-57(54)91-77(99)116-50-39-61(100(44-50)73(105)65(80(3,4)5)93-78(109)118-63)70(103)96-85(42-56(85)68(88)89)76(108)98-120(113,114)83(9)34-35-83)40-81(6,7)66-74(106)101-43-49(38-60(101)69(102)95-84(41-55(84)67(86)87)75(107)97-119(111,112)82(8)32-33-82)115-71-59(90-58-29-26-48-19-16-17-22-53(48)64(58)92-71)23-15-11-13-20-51-45(2)24-30-62(51)117-79(110)94-66/h16-17,19,22,25-26,28-29,37,45,47,49-52,55-56,60-63,65-68H,10-15,18,20-21,23-24,27,30-36,38-44H2,1-9H3,(H,93,109)(H,94,110)(H,95,102)(H,96,103)(H,97,107)(H,98,108). The third-order valence-electron chi connectivity index (χ3n) is 27.9. The minimum Gasteiger partial charge on any atom is -0.471 e. The Balaban J connectivity index is 0.779. The fourth-order valence-electron chi connectivity index (χ4n) is 19.5. The number of hydrogen-bond acceptors (Lipinski definition) is 20. The number of amides is 8. The third kappa shape index (κ3) is 16.8. The van der Waals surface area contributed by atoms with Gasteiger partial charge in [-0.1, -0.05) is 117 Å². The molecule has 6 aliphatic carbocycles. The Labute approximate surface area is 694 Å². The molecular formula is C85H110F4N12O17S2. The highest BCUT2D eigenvalue weighted by Gasteiger charge is 2.69. The molecule has 15 rings (SSSR count). The summed E-state index contributed by atoms with van der Waals surface area (Å²) >= 11 is 0. The molecule has 16 atom stereocenters.